The molecule has 5 rings (SSSR count). The third kappa shape index (κ3) is 5.49. The van der Waals surface area contributed by atoms with Gasteiger partial charge in [0.2, 0.25) is 0 Å². The lowest BCUT2D eigenvalue weighted by atomic mass is 10.1. The molecular formula is C28H27N9O. The van der Waals surface area contributed by atoms with E-state index in [0.717, 1.165) is 29.7 Å². The Labute approximate surface area is 219 Å². The van der Waals surface area contributed by atoms with E-state index in [1.807, 2.05) is 49.5 Å². The third-order valence-electron chi connectivity index (χ3n) is 6.10. The second-order valence-corrected chi connectivity index (χ2v) is 8.88. The smallest absolute Gasteiger partial charge is 0.258 e. The van der Waals surface area contributed by atoms with Crippen molar-refractivity contribution in [3.63, 3.8) is 0 Å². The highest BCUT2D eigenvalue weighted by atomic mass is 16.1. The van der Waals surface area contributed by atoms with Gasteiger partial charge in [0.05, 0.1) is 5.57 Å². The number of carbonyl (C=O) groups excluding carboxylic acids is 1. The predicted molar refractivity (Wildman–Crippen MR) is 151 cm³/mol. The third-order valence-corrected chi connectivity index (χ3v) is 6.10. The summed E-state index contributed by atoms with van der Waals surface area (Å²) >= 11 is 0. The van der Waals surface area contributed by atoms with E-state index in [1.165, 1.54) is 6.21 Å². The minimum atomic E-state index is -0.252. The Morgan fingerprint density at radius 3 is 2.84 bits per heavy atom. The van der Waals surface area contributed by atoms with E-state index in [1.54, 1.807) is 41.5 Å². The first-order valence-electron chi connectivity index (χ1n) is 12.2. The van der Waals surface area contributed by atoms with Crippen LogP contribution in [0.2, 0.25) is 0 Å². The molecule has 1 atom stereocenters. The van der Waals surface area contributed by atoms with Crippen LogP contribution in [0.4, 0.5) is 23.0 Å². The minimum absolute atomic E-state index is 0.195. The van der Waals surface area contributed by atoms with Crippen molar-refractivity contribution in [1.29, 1.82) is 5.41 Å². The Hall–Kier alpha value is -5.12. The summed E-state index contributed by atoms with van der Waals surface area (Å²) in [5.41, 5.74) is 10.1. The second-order valence-electron chi connectivity index (χ2n) is 8.88. The van der Waals surface area contributed by atoms with Crippen molar-refractivity contribution in [3.8, 4) is 16.9 Å². The number of benzene rings is 1. The zero-order valence-electron chi connectivity index (χ0n) is 20.8. The molecule has 1 unspecified atom stereocenters. The monoisotopic (exact) mass is 505 g/mol. The maximum absolute atomic E-state index is 12.8. The molecule has 4 aromatic rings. The summed E-state index contributed by atoms with van der Waals surface area (Å²) in [5.74, 6) is 1.27. The summed E-state index contributed by atoms with van der Waals surface area (Å²) in [6.07, 6.45) is 11.8. The molecule has 0 bridgehead atoms. The van der Waals surface area contributed by atoms with Crippen LogP contribution in [0, 0.1) is 5.41 Å². The number of aromatic nitrogens is 4. The fourth-order valence-corrected chi connectivity index (χ4v) is 4.02. The molecule has 1 aliphatic heterocycles. The van der Waals surface area contributed by atoms with E-state index in [2.05, 4.69) is 25.6 Å². The first-order valence-corrected chi connectivity index (χ1v) is 12.2. The molecule has 1 amide bonds. The standard InChI is InChI=1S/C28H27N9O/c1-18-4-2-5-20(16-32-18)28(38)35-25-6-3-7-26(34-25)37-17-23(19-10-12-31-13-11-19)27(36-37)33-22-8-9-24(30)21(14-22)15-29/h3,5-18,29H,2,4,30H2,1H3,(H,33,36)(H,34,35,38). The van der Waals surface area contributed by atoms with Gasteiger partial charge in [-0.25, -0.2) is 9.67 Å². The van der Waals surface area contributed by atoms with Gasteiger partial charge in [-0.1, -0.05) is 12.1 Å². The van der Waals surface area contributed by atoms with Crippen LogP contribution < -0.4 is 16.4 Å². The lowest BCUT2D eigenvalue weighted by Crippen LogP contribution is -2.16. The average Bonchev–Trinajstić information content (AvgIpc) is 3.23. The quantitative estimate of drug-likeness (QED) is 0.210. The van der Waals surface area contributed by atoms with Crippen LogP contribution in [-0.2, 0) is 4.79 Å². The Morgan fingerprint density at radius 2 is 2.03 bits per heavy atom. The number of aliphatic imine (C=N–C) groups is 1. The van der Waals surface area contributed by atoms with Gasteiger partial charge in [-0.05, 0) is 67.8 Å². The van der Waals surface area contributed by atoms with Crippen LogP contribution >= 0.6 is 0 Å². The van der Waals surface area contributed by atoms with Gasteiger partial charge in [0.15, 0.2) is 11.6 Å². The Balaban J connectivity index is 1.46. The zero-order chi connectivity index (χ0) is 26.5. The normalized spacial score (nSPS) is 14.9. The number of rotatable bonds is 7. The molecule has 0 saturated heterocycles. The van der Waals surface area contributed by atoms with Crippen LogP contribution in [0.1, 0.15) is 25.3 Å². The second kappa shape index (κ2) is 10.9. The molecule has 3 aromatic heterocycles. The molecule has 1 aromatic carbocycles. The number of nitrogens with two attached hydrogens (primary N) is 1. The van der Waals surface area contributed by atoms with Crippen molar-refractivity contribution >= 4 is 41.3 Å². The van der Waals surface area contributed by atoms with Gasteiger partial charge in [0, 0.05) is 59.6 Å². The largest absolute Gasteiger partial charge is 0.398 e. The zero-order valence-corrected chi connectivity index (χ0v) is 20.8. The van der Waals surface area contributed by atoms with Crippen molar-refractivity contribution in [1.82, 2.24) is 19.7 Å². The lowest BCUT2D eigenvalue weighted by Gasteiger charge is -2.08. The Kier molecular flexibility index (Phi) is 7.03. The maximum atomic E-state index is 12.8. The first kappa shape index (κ1) is 24.6. The number of carbonyl (C=O) groups is 1. The highest BCUT2D eigenvalue weighted by Crippen LogP contribution is 2.31. The fourth-order valence-electron chi connectivity index (χ4n) is 4.02. The summed E-state index contributed by atoms with van der Waals surface area (Å²) < 4.78 is 1.65. The lowest BCUT2D eigenvalue weighted by molar-refractivity contribution is -0.112. The number of pyridine rings is 2. The van der Waals surface area contributed by atoms with Crippen molar-refractivity contribution in [2.45, 2.75) is 25.8 Å². The molecule has 10 nitrogen and oxygen atoms in total. The van der Waals surface area contributed by atoms with Crippen molar-refractivity contribution < 1.29 is 4.79 Å². The molecule has 0 radical (unpaired) electrons. The topological polar surface area (TPSA) is 147 Å². The van der Waals surface area contributed by atoms with Crippen molar-refractivity contribution in [3.05, 3.63) is 84.3 Å². The fraction of sp³-hybridized carbons (Fsp3) is 0.143. The average molecular weight is 506 g/mol. The summed E-state index contributed by atoms with van der Waals surface area (Å²) in [7, 11) is 0. The predicted octanol–water partition coefficient (Wildman–Crippen LogP) is 4.77. The number of hydrogen-bond acceptors (Lipinski definition) is 8. The van der Waals surface area contributed by atoms with Crippen LogP contribution in [-0.4, -0.2) is 44.1 Å². The number of nitrogens with zero attached hydrogens (tertiary/aromatic N) is 5. The number of hydrogen-bond donors (Lipinski definition) is 4. The van der Waals surface area contributed by atoms with E-state index in [0.29, 0.717) is 34.3 Å². The van der Waals surface area contributed by atoms with E-state index >= 15 is 0 Å². The van der Waals surface area contributed by atoms with Gasteiger partial charge in [0.25, 0.3) is 5.91 Å². The molecule has 38 heavy (non-hydrogen) atoms. The molecule has 4 heterocycles. The molecule has 0 spiro atoms. The van der Waals surface area contributed by atoms with Gasteiger partial charge in [-0.3, -0.25) is 14.8 Å². The number of anilines is 4. The molecule has 0 fully saturated rings. The summed E-state index contributed by atoms with van der Waals surface area (Å²) in [4.78, 5) is 26.0. The number of amides is 1. The van der Waals surface area contributed by atoms with Crippen molar-refractivity contribution in [2.75, 3.05) is 16.4 Å². The van der Waals surface area contributed by atoms with Crippen LogP contribution in [0.25, 0.3) is 16.9 Å². The molecule has 10 heteroatoms. The maximum Gasteiger partial charge on any atom is 0.258 e. The molecule has 190 valence electrons. The molecule has 0 aliphatic carbocycles. The summed E-state index contributed by atoms with van der Waals surface area (Å²) in [5, 5.41) is 18.5. The highest BCUT2D eigenvalue weighted by molar-refractivity contribution is 6.17. The van der Waals surface area contributed by atoms with Gasteiger partial charge in [0.1, 0.15) is 5.82 Å². The minimum Gasteiger partial charge on any atom is -0.398 e. The van der Waals surface area contributed by atoms with E-state index in [9.17, 15) is 4.79 Å². The number of allylic oxidation sites excluding steroid dienone is 1. The first-order chi connectivity index (χ1) is 18.5. The molecular weight excluding hydrogens is 478 g/mol. The Morgan fingerprint density at radius 1 is 1.18 bits per heavy atom. The van der Waals surface area contributed by atoms with E-state index in [-0.39, 0.29) is 11.9 Å². The number of nitrogens with one attached hydrogen (secondary N) is 3. The van der Waals surface area contributed by atoms with Gasteiger partial charge >= 0.3 is 0 Å². The van der Waals surface area contributed by atoms with E-state index < -0.39 is 0 Å². The molecule has 0 saturated carbocycles. The highest BCUT2D eigenvalue weighted by Gasteiger charge is 2.16. The molecule has 5 N–H and O–H groups in total. The van der Waals surface area contributed by atoms with Crippen LogP contribution in [0.5, 0.6) is 0 Å². The van der Waals surface area contributed by atoms with Gasteiger partial charge < -0.3 is 21.8 Å². The van der Waals surface area contributed by atoms with Crippen LogP contribution in [0.3, 0.4) is 0 Å². The molecule has 1 aliphatic rings. The van der Waals surface area contributed by atoms with E-state index in [4.69, 9.17) is 16.2 Å². The summed E-state index contributed by atoms with van der Waals surface area (Å²) in [6, 6.07) is 14.7. The SMILES string of the molecule is CC1CCC=C(C(=O)Nc2cccc(-n3cc(-c4ccncc4)c(Nc4ccc(N)c(C=N)c4)n3)n2)C=N1. The Bertz CT molecular complexity index is 1540. The summed E-state index contributed by atoms with van der Waals surface area (Å²) in [6.45, 7) is 2.03. The van der Waals surface area contributed by atoms with Crippen molar-refractivity contribution in [2.24, 2.45) is 4.99 Å². The van der Waals surface area contributed by atoms with Crippen LogP contribution in [0.15, 0.2) is 83.8 Å². The van der Waals surface area contributed by atoms with Gasteiger partial charge in [-0.15, -0.1) is 5.10 Å². The number of nitrogen functional groups attached to an aromatic ring is 1. The van der Waals surface area contributed by atoms with Gasteiger partial charge in [-0.2, -0.15) is 0 Å².